The van der Waals surface area contributed by atoms with Crippen LogP contribution in [0.1, 0.15) is 18.7 Å². The molecule has 0 bridgehead atoms. The van der Waals surface area contributed by atoms with E-state index in [1.165, 1.54) is 5.69 Å². The van der Waals surface area contributed by atoms with Crippen molar-refractivity contribution in [2.45, 2.75) is 19.1 Å². The molecule has 1 N–H and O–H groups in total. The van der Waals surface area contributed by atoms with E-state index in [0.29, 0.717) is 6.54 Å². The minimum absolute atomic E-state index is 0.0407. The van der Waals surface area contributed by atoms with Crippen molar-refractivity contribution < 1.29 is 4.74 Å². The zero-order valence-electron chi connectivity index (χ0n) is 15.2. The van der Waals surface area contributed by atoms with E-state index in [1.807, 2.05) is 42.5 Å². The molecule has 0 amide bonds. The topological polar surface area (TPSA) is 68.1 Å². The molecule has 4 rings (SSSR count). The van der Waals surface area contributed by atoms with Gasteiger partial charge in [-0.1, -0.05) is 6.92 Å². The number of nitrogens with zero attached hydrogens (tertiary/aromatic N) is 5. The van der Waals surface area contributed by atoms with Gasteiger partial charge in [-0.15, -0.1) is 0 Å². The summed E-state index contributed by atoms with van der Waals surface area (Å²) in [5, 5.41) is 8.93. The van der Waals surface area contributed by atoms with Gasteiger partial charge in [0.1, 0.15) is 0 Å². The highest BCUT2D eigenvalue weighted by molar-refractivity contribution is 5.90. The fourth-order valence-electron chi connectivity index (χ4n) is 3.72. The summed E-state index contributed by atoms with van der Waals surface area (Å²) in [6.45, 7) is 5.57. The van der Waals surface area contributed by atoms with Gasteiger partial charge in [0.2, 0.25) is 0 Å². The number of aromatic nitrogens is 4. The van der Waals surface area contributed by atoms with E-state index < -0.39 is 0 Å². The van der Waals surface area contributed by atoms with Crippen molar-refractivity contribution in [2.24, 2.45) is 7.05 Å². The Hall–Kier alpha value is -2.51. The van der Waals surface area contributed by atoms with Crippen molar-refractivity contribution in [3.05, 3.63) is 48.7 Å². The second-order valence-corrected chi connectivity index (χ2v) is 6.49. The van der Waals surface area contributed by atoms with Gasteiger partial charge in [-0.25, -0.2) is 0 Å². The standard InChI is InChI=1S/C19H24N6O/c1-3-25-10-11-26-18(19(25)17-6-9-23-24(17)2)13-22-16-5-8-21-15-4-7-20-12-14(15)16/h4-9,12,18-19H,3,10-11,13H2,1-2H3,(H,21,22)/t18-,19-/m0/s1. The lowest BCUT2D eigenvalue weighted by molar-refractivity contribution is -0.0663. The van der Waals surface area contributed by atoms with Crippen LogP contribution in [0.15, 0.2) is 43.0 Å². The first kappa shape index (κ1) is 16.9. The average Bonchev–Trinajstić information content (AvgIpc) is 3.11. The lowest BCUT2D eigenvalue weighted by atomic mass is 10.0. The Morgan fingerprint density at radius 2 is 2.15 bits per heavy atom. The van der Waals surface area contributed by atoms with Crippen LogP contribution in [0.2, 0.25) is 0 Å². The van der Waals surface area contributed by atoms with Crippen LogP contribution in [0.25, 0.3) is 10.9 Å². The van der Waals surface area contributed by atoms with Gasteiger partial charge in [0.05, 0.1) is 30.0 Å². The van der Waals surface area contributed by atoms with Gasteiger partial charge >= 0.3 is 0 Å². The SMILES string of the molecule is CCN1CCO[C@@H](CNc2ccnc3ccncc23)[C@@H]1c1ccnn1C. The Kier molecular flexibility index (Phi) is 4.81. The second-order valence-electron chi connectivity index (χ2n) is 6.49. The lowest BCUT2D eigenvalue weighted by Crippen LogP contribution is -2.48. The number of ether oxygens (including phenoxy) is 1. The molecule has 0 saturated carbocycles. The summed E-state index contributed by atoms with van der Waals surface area (Å²) in [4.78, 5) is 11.1. The van der Waals surface area contributed by atoms with Crippen LogP contribution in [0.4, 0.5) is 5.69 Å². The highest BCUT2D eigenvalue weighted by Crippen LogP contribution is 2.30. The number of aryl methyl sites for hydroxylation is 1. The Balaban J connectivity index is 1.58. The van der Waals surface area contributed by atoms with Crippen LogP contribution in [0.3, 0.4) is 0 Å². The molecular weight excluding hydrogens is 328 g/mol. The van der Waals surface area contributed by atoms with E-state index in [2.05, 4.69) is 38.3 Å². The highest BCUT2D eigenvalue weighted by Gasteiger charge is 2.34. The van der Waals surface area contributed by atoms with Crippen LogP contribution in [-0.4, -0.2) is 57.0 Å². The summed E-state index contributed by atoms with van der Waals surface area (Å²) in [7, 11) is 1.99. The summed E-state index contributed by atoms with van der Waals surface area (Å²) in [5.74, 6) is 0. The summed E-state index contributed by atoms with van der Waals surface area (Å²) in [5.41, 5.74) is 3.15. The third-order valence-corrected chi connectivity index (χ3v) is 5.06. The van der Waals surface area contributed by atoms with Gasteiger partial charge in [0.15, 0.2) is 0 Å². The maximum Gasteiger partial charge on any atom is 0.0959 e. The molecule has 1 fully saturated rings. The number of anilines is 1. The van der Waals surface area contributed by atoms with E-state index in [4.69, 9.17) is 4.74 Å². The Labute approximate surface area is 153 Å². The largest absolute Gasteiger partial charge is 0.382 e. The quantitative estimate of drug-likeness (QED) is 0.759. The van der Waals surface area contributed by atoms with Gasteiger partial charge in [0.25, 0.3) is 0 Å². The van der Waals surface area contributed by atoms with Crippen molar-refractivity contribution in [1.29, 1.82) is 0 Å². The number of pyridine rings is 2. The van der Waals surface area contributed by atoms with E-state index in [1.54, 1.807) is 6.20 Å². The third-order valence-electron chi connectivity index (χ3n) is 5.06. The first-order chi connectivity index (χ1) is 12.8. The Morgan fingerprint density at radius 1 is 1.23 bits per heavy atom. The summed E-state index contributed by atoms with van der Waals surface area (Å²) < 4.78 is 8.10. The predicted octanol–water partition coefficient (Wildman–Crippen LogP) is 2.24. The third kappa shape index (κ3) is 3.15. The van der Waals surface area contributed by atoms with Crippen molar-refractivity contribution in [3.63, 3.8) is 0 Å². The molecule has 1 aliphatic rings. The van der Waals surface area contributed by atoms with Crippen LogP contribution >= 0.6 is 0 Å². The molecular formula is C19H24N6O. The fraction of sp³-hybridized carbons (Fsp3) is 0.421. The molecule has 4 heterocycles. The summed E-state index contributed by atoms with van der Waals surface area (Å²) in [6, 6.07) is 6.18. The van der Waals surface area contributed by atoms with Crippen molar-refractivity contribution in [3.8, 4) is 0 Å². The van der Waals surface area contributed by atoms with E-state index in [-0.39, 0.29) is 12.1 Å². The van der Waals surface area contributed by atoms with E-state index >= 15 is 0 Å². The monoisotopic (exact) mass is 352 g/mol. The minimum Gasteiger partial charge on any atom is -0.382 e. The summed E-state index contributed by atoms with van der Waals surface area (Å²) in [6.07, 6.45) is 7.33. The molecule has 0 spiro atoms. The fourth-order valence-corrected chi connectivity index (χ4v) is 3.72. The smallest absolute Gasteiger partial charge is 0.0959 e. The van der Waals surface area contributed by atoms with Crippen molar-refractivity contribution >= 4 is 16.6 Å². The van der Waals surface area contributed by atoms with Gasteiger partial charge in [0, 0.05) is 56.0 Å². The number of rotatable bonds is 5. The molecule has 3 aromatic rings. The molecule has 26 heavy (non-hydrogen) atoms. The Bertz CT molecular complexity index is 874. The minimum atomic E-state index is 0.0407. The first-order valence-electron chi connectivity index (χ1n) is 9.04. The van der Waals surface area contributed by atoms with Crippen molar-refractivity contribution in [1.82, 2.24) is 24.6 Å². The number of hydrogen-bond acceptors (Lipinski definition) is 6. The normalized spacial score (nSPS) is 21.2. The molecule has 7 nitrogen and oxygen atoms in total. The lowest BCUT2D eigenvalue weighted by Gasteiger charge is -2.41. The van der Waals surface area contributed by atoms with E-state index in [0.717, 1.165) is 36.3 Å². The van der Waals surface area contributed by atoms with Gasteiger partial charge in [-0.05, 0) is 24.7 Å². The Morgan fingerprint density at radius 3 is 2.96 bits per heavy atom. The molecule has 3 aromatic heterocycles. The number of nitrogens with one attached hydrogen (secondary N) is 1. The molecule has 1 saturated heterocycles. The molecule has 2 atom stereocenters. The molecule has 136 valence electrons. The number of likely N-dealkylation sites (N-methyl/N-ethyl adjacent to an activating group) is 1. The van der Waals surface area contributed by atoms with Gasteiger partial charge in [-0.2, -0.15) is 5.10 Å². The molecule has 0 aliphatic carbocycles. The highest BCUT2D eigenvalue weighted by atomic mass is 16.5. The van der Waals surface area contributed by atoms with Crippen LogP contribution in [0, 0.1) is 0 Å². The van der Waals surface area contributed by atoms with Gasteiger partial charge < -0.3 is 10.1 Å². The maximum absolute atomic E-state index is 6.16. The molecule has 0 radical (unpaired) electrons. The zero-order chi connectivity index (χ0) is 17.9. The first-order valence-corrected chi connectivity index (χ1v) is 9.04. The number of hydrogen-bond donors (Lipinski definition) is 1. The van der Waals surface area contributed by atoms with Gasteiger partial charge in [-0.3, -0.25) is 19.5 Å². The number of morpholine rings is 1. The van der Waals surface area contributed by atoms with Crippen LogP contribution in [-0.2, 0) is 11.8 Å². The molecule has 0 unspecified atom stereocenters. The average molecular weight is 352 g/mol. The predicted molar refractivity (Wildman–Crippen MR) is 101 cm³/mol. The van der Waals surface area contributed by atoms with Crippen LogP contribution < -0.4 is 5.32 Å². The zero-order valence-corrected chi connectivity index (χ0v) is 15.2. The molecule has 0 aromatic carbocycles. The van der Waals surface area contributed by atoms with E-state index in [9.17, 15) is 0 Å². The molecule has 7 heteroatoms. The maximum atomic E-state index is 6.16. The number of fused-ring (bicyclic) bond motifs is 1. The second kappa shape index (κ2) is 7.39. The molecule has 1 aliphatic heterocycles. The summed E-state index contributed by atoms with van der Waals surface area (Å²) >= 11 is 0. The van der Waals surface area contributed by atoms with Crippen molar-refractivity contribution in [2.75, 3.05) is 31.6 Å². The van der Waals surface area contributed by atoms with Crippen LogP contribution in [0.5, 0.6) is 0 Å².